The molecule has 0 saturated carbocycles. The Kier molecular flexibility index (Phi) is 4.98. The van der Waals surface area contributed by atoms with E-state index >= 15 is 0 Å². The van der Waals surface area contributed by atoms with E-state index in [0.717, 1.165) is 17.8 Å². The Labute approximate surface area is 128 Å². The molecule has 7 heteroatoms. The number of sulfonamides is 1. The molecule has 0 aliphatic carbocycles. The van der Waals surface area contributed by atoms with E-state index in [1.54, 1.807) is 41.8 Å². The van der Waals surface area contributed by atoms with Gasteiger partial charge in [-0.1, -0.05) is 13.0 Å². The molecular weight excluding hydrogens is 308 g/mol. The Bertz CT molecular complexity index is 692. The smallest absolute Gasteiger partial charge is 0.271 e. The number of amides is 1. The molecule has 0 bridgehead atoms. The minimum absolute atomic E-state index is 0.162. The highest BCUT2D eigenvalue weighted by molar-refractivity contribution is 7.94. The Balaban J connectivity index is 2.08. The third kappa shape index (κ3) is 4.05. The lowest BCUT2D eigenvalue weighted by Crippen LogP contribution is -2.23. The molecule has 1 aromatic carbocycles. The van der Waals surface area contributed by atoms with Crippen LogP contribution in [0, 0.1) is 0 Å². The van der Waals surface area contributed by atoms with Crippen molar-refractivity contribution in [1.82, 2.24) is 5.32 Å². The number of nitrogens with one attached hydrogen (secondary N) is 2. The molecule has 0 atom stereocenters. The largest absolute Gasteiger partial charge is 0.352 e. The Morgan fingerprint density at radius 1 is 1.19 bits per heavy atom. The van der Waals surface area contributed by atoms with Crippen molar-refractivity contribution in [2.75, 3.05) is 11.3 Å². The SMILES string of the molecule is CCCNC(=O)c1ccc(NS(=O)(=O)c2cccs2)cc1. The number of carbonyl (C=O) groups is 1. The van der Waals surface area contributed by atoms with Gasteiger partial charge in [-0.2, -0.15) is 0 Å². The summed E-state index contributed by atoms with van der Waals surface area (Å²) in [6, 6.07) is 9.56. The van der Waals surface area contributed by atoms with Crippen molar-refractivity contribution in [3.8, 4) is 0 Å². The molecule has 0 spiro atoms. The third-order valence-electron chi connectivity index (χ3n) is 2.69. The molecule has 2 rings (SSSR count). The summed E-state index contributed by atoms with van der Waals surface area (Å²) in [6.45, 7) is 2.59. The van der Waals surface area contributed by atoms with Crippen molar-refractivity contribution in [2.45, 2.75) is 17.6 Å². The second-order valence-electron chi connectivity index (χ2n) is 4.37. The van der Waals surface area contributed by atoms with Crippen LogP contribution in [0.25, 0.3) is 0 Å². The van der Waals surface area contributed by atoms with Gasteiger partial charge in [0, 0.05) is 17.8 Å². The molecule has 0 aliphatic rings. The first-order valence-electron chi connectivity index (χ1n) is 6.47. The zero-order valence-corrected chi connectivity index (χ0v) is 13.1. The van der Waals surface area contributed by atoms with Crippen molar-refractivity contribution < 1.29 is 13.2 Å². The number of hydrogen-bond donors (Lipinski definition) is 2. The van der Waals surface area contributed by atoms with Crippen molar-refractivity contribution in [3.63, 3.8) is 0 Å². The zero-order chi connectivity index (χ0) is 15.3. The molecule has 1 amide bonds. The molecule has 21 heavy (non-hydrogen) atoms. The van der Waals surface area contributed by atoms with Gasteiger partial charge in [-0.15, -0.1) is 11.3 Å². The Hall–Kier alpha value is -1.86. The van der Waals surface area contributed by atoms with Gasteiger partial charge in [-0.25, -0.2) is 8.42 Å². The van der Waals surface area contributed by atoms with E-state index in [0.29, 0.717) is 17.8 Å². The number of carbonyl (C=O) groups excluding carboxylic acids is 1. The number of anilines is 1. The van der Waals surface area contributed by atoms with Crippen LogP contribution in [-0.2, 0) is 10.0 Å². The van der Waals surface area contributed by atoms with Gasteiger partial charge >= 0.3 is 0 Å². The van der Waals surface area contributed by atoms with E-state index in [1.807, 2.05) is 6.92 Å². The predicted molar refractivity (Wildman–Crippen MR) is 84.2 cm³/mol. The minimum atomic E-state index is -3.55. The molecule has 0 aliphatic heterocycles. The average Bonchev–Trinajstić information content (AvgIpc) is 3.00. The molecule has 0 saturated heterocycles. The second-order valence-corrected chi connectivity index (χ2v) is 7.23. The molecule has 1 aromatic heterocycles. The molecule has 112 valence electrons. The van der Waals surface area contributed by atoms with E-state index in [2.05, 4.69) is 10.0 Å². The quantitative estimate of drug-likeness (QED) is 0.858. The van der Waals surface area contributed by atoms with Crippen molar-refractivity contribution in [2.24, 2.45) is 0 Å². The summed E-state index contributed by atoms with van der Waals surface area (Å²) >= 11 is 1.15. The fourth-order valence-electron chi connectivity index (χ4n) is 1.65. The second kappa shape index (κ2) is 6.73. The maximum Gasteiger partial charge on any atom is 0.271 e. The number of benzene rings is 1. The number of hydrogen-bond acceptors (Lipinski definition) is 4. The van der Waals surface area contributed by atoms with E-state index in [9.17, 15) is 13.2 Å². The van der Waals surface area contributed by atoms with Gasteiger partial charge in [0.1, 0.15) is 4.21 Å². The zero-order valence-electron chi connectivity index (χ0n) is 11.5. The summed E-state index contributed by atoms with van der Waals surface area (Å²) < 4.78 is 26.8. The van der Waals surface area contributed by atoms with Gasteiger partial charge in [0.2, 0.25) is 0 Å². The fourth-order valence-corrected chi connectivity index (χ4v) is 3.70. The number of thiophene rings is 1. The monoisotopic (exact) mass is 324 g/mol. The van der Waals surface area contributed by atoms with Crippen LogP contribution in [0.15, 0.2) is 46.0 Å². The molecule has 0 unspecified atom stereocenters. The van der Waals surface area contributed by atoms with Crippen LogP contribution < -0.4 is 10.0 Å². The fraction of sp³-hybridized carbons (Fsp3) is 0.214. The highest BCUT2D eigenvalue weighted by Crippen LogP contribution is 2.20. The van der Waals surface area contributed by atoms with Crippen LogP contribution in [0.1, 0.15) is 23.7 Å². The van der Waals surface area contributed by atoms with Gasteiger partial charge in [-0.3, -0.25) is 9.52 Å². The molecule has 2 aromatic rings. The van der Waals surface area contributed by atoms with Gasteiger partial charge in [-0.05, 0) is 42.1 Å². The average molecular weight is 324 g/mol. The summed E-state index contributed by atoms with van der Waals surface area (Å²) in [7, 11) is -3.55. The summed E-state index contributed by atoms with van der Waals surface area (Å²) in [5.74, 6) is -0.162. The van der Waals surface area contributed by atoms with Crippen molar-refractivity contribution in [1.29, 1.82) is 0 Å². The molecular formula is C14H16N2O3S2. The minimum Gasteiger partial charge on any atom is -0.352 e. The summed E-state index contributed by atoms with van der Waals surface area (Å²) in [6.07, 6.45) is 0.866. The molecule has 5 nitrogen and oxygen atoms in total. The van der Waals surface area contributed by atoms with Gasteiger partial charge in [0.15, 0.2) is 0 Å². The summed E-state index contributed by atoms with van der Waals surface area (Å²) in [5.41, 5.74) is 0.929. The van der Waals surface area contributed by atoms with Crippen LogP contribution in [0.2, 0.25) is 0 Å². The summed E-state index contributed by atoms with van der Waals surface area (Å²) in [5, 5.41) is 4.47. The Morgan fingerprint density at radius 3 is 2.48 bits per heavy atom. The number of rotatable bonds is 6. The van der Waals surface area contributed by atoms with Crippen molar-refractivity contribution >= 4 is 33.0 Å². The lowest BCUT2D eigenvalue weighted by Gasteiger charge is -2.07. The van der Waals surface area contributed by atoms with Crippen LogP contribution in [0.5, 0.6) is 0 Å². The van der Waals surface area contributed by atoms with E-state index in [4.69, 9.17) is 0 Å². The standard InChI is InChI=1S/C14H16N2O3S2/c1-2-9-15-14(17)11-5-7-12(8-6-11)16-21(18,19)13-4-3-10-20-13/h3-8,10,16H,2,9H2,1H3,(H,15,17). The van der Waals surface area contributed by atoms with Crippen LogP contribution in [-0.4, -0.2) is 20.9 Å². The lowest BCUT2D eigenvalue weighted by molar-refractivity contribution is 0.0953. The van der Waals surface area contributed by atoms with Gasteiger partial charge in [0.25, 0.3) is 15.9 Å². The summed E-state index contributed by atoms with van der Waals surface area (Å²) in [4.78, 5) is 11.7. The van der Waals surface area contributed by atoms with Crippen molar-refractivity contribution in [3.05, 3.63) is 47.3 Å². The van der Waals surface area contributed by atoms with Crippen LogP contribution in [0.4, 0.5) is 5.69 Å². The van der Waals surface area contributed by atoms with Gasteiger partial charge < -0.3 is 5.32 Å². The molecule has 1 heterocycles. The molecule has 0 radical (unpaired) electrons. The van der Waals surface area contributed by atoms with E-state index < -0.39 is 10.0 Å². The first kappa shape index (κ1) is 15.5. The third-order valence-corrected chi connectivity index (χ3v) is 5.47. The normalized spacial score (nSPS) is 11.1. The maximum absolute atomic E-state index is 12.0. The first-order valence-corrected chi connectivity index (χ1v) is 8.84. The van der Waals surface area contributed by atoms with Gasteiger partial charge in [0.05, 0.1) is 0 Å². The van der Waals surface area contributed by atoms with Crippen LogP contribution >= 0.6 is 11.3 Å². The molecule has 2 N–H and O–H groups in total. The lowest BCUT2D eigenvalue weighted by atomic mass is 10.2. The van der Waals surface area contributed by atoms with Crippen LogP contribution in [0.3, 0.4) is 0 Å². The van der Waals surface area contributed by atoms with E-state index in [1.165, 1.54) is 0 Å². The maximum atomic E-state index is 12.0. The highest BCUT2D eigenvalue weighted by Gasteiger charge is 2.15. The Morgan fingerprint density at radius 2 is 1.90 bits per heavy atom. The first-order chi connectivity index (χ1) is 10.0. The molecule has 0 fully saturated rings. The van der Waals surface area contributed by atoms with E-state index in [-0.39, 0.29) is 10.1 Å². The topological polar surface area (TPSA) is 75.3 Å². The highest BCUT2D eigenvalue weighted by atomic mass is 32.2. The predicted octanol–water partition coefficient (Wildman–Crippen LogP) is 2.69.